The van der Waals surface area contributed by atoms with Crippen LogP contribution >= 0.6 is 0 Å². The number of alkyl halides is 3. The van der Waals surface area contributed by atoms with Gasteiger partial charge in [-0.3, -0.25) is 9.40 Å². The highest BCUT2D eigenvalue weighted by Gasteiger charge is 2.38. The Bertz CT molecular complexity index is 2000. The monoisotopic (exact) mass is 659 g/mol. The minimum absolute atomic E-state index is 0.301. The zero-order valence-corrected chi connectivity index (χ0v) is 25.5. The summed E-state index contributed by atoms with van der Waals surface area (Å²) in [4.78, 5) is 17.8. The number of nitrogens with two attached hydrogens (primary N) is 1. The van der Waals surface area contributed by atoms with Crippen LogP contribution in [0, 0.1) is 5.82 Å². The minimum atomic E-state index is -5.08. The highest BCUT2D eigenvalue weighted by atomic mass is 32.2. The Morgan fingerprint density at radius 1 is 1.09 bits per heavy atom. The number of carboxylic acids is 1. The predicted molar refractivity (Wildman–Crippen MR) is 166 cm³/mol. The molecule has 0 fully saturated rings. The number of carboxylic acid groups (broad SMARTS) is 1. The fourth-order valence-electron chi connectivity index (χ4n) is 4.50. The Morgan fingerprint density at radius 2 is 1.78 bits per heavy atom. The minimum Gasteiger partial charge on any atom is -0.475 e. The molecule has 16 heteroatoms. The summed E-state index contributed by atoms with van der Waals surface area (Å²) in [5, 5.41) is 16.8. The number of sulfonamides is 1. The number of rotatable bonds is 8. The van der Waals surface area contributed by atoms with E-state index >= 15 is 4.39 Å². The Balaban J connectivity index is 0.000000617. The van der Waals surface area contributed by atoms with Gasteiger partial charge in [0, 0.05) is 35.4 Å². The molecular formula is C30H29F4N7O4S. The largest absolute Gasteiger partial charge is 0.490 e. The number of nitrogens with one attached hydrogen (secondary N) is 2. The Kier molecular flexibility index (Phi) is 9.80. The van der Waals surface area contributed by atoms with Crippen LogP contribution < -0.4 is 15.8 Å². The number of anilines is 3. The van der Waals surface area contributed by atoms with Gasteiger partial charge >= 0.3 is 12.1 Å². The van der Waals surface area contributed by atoms with E-state index in [2.05, 4.69) is 20.1 Å². The highest BCUT2D eigenvalue weighted by Crippen LogP contribution is 2.33. The average Bonchev–Trinajstić information content (AvgIpc) is 3.36. The Morgan fingerprint density at radius 3 is 2.43 bits per heavy atom. The van der Waals surface area contributed by atoms with Crippen molar-refractivity contribution in [2.45, 2.75) is 25.6 Å². The molecule has 5 aromatic rings. The van der Waals surface area contributed by atoms with E-state index in [0.717, 1.165) is 34.7 Å². The second-order valence-electron chi connectivity index (χ2n) is 10.1. The zero-order valence-electron chi connectivity index (χ0n) is 24.7. The number of fused-ring (bicyclic) bond motifs is 1. The number of para-hydroxylation sites is 1. The molecule has 0 aliphatic rings. The van der Waals surface area contributed by atoms with E-state index in [1.165, 1.54) is 6.07 Å². The summed E-state index contributed by atoms with van der Waals surface area (Å²) in [5.41, 5.74) is 8.98. The molecule has 0 radical (unpaired) electrons. The first kappa shape index (κ1) is 33.6. The average molecular weight is 660 g/mol. The summed E-state index contributed by atoms with van der Waals surface area (Å²) >= 11 is 0. The van der Waals surface area contributed by atoms with Crippen molar-refractivity contribution in [3.05, 3.63) is 95.7 Å². The van der Waals surface area contributed by atoms with Crippen LogP contribution in [0.5, 0.6) is 0 Å². The van der Waals surface area contributed by atoms with E-state index in [1.807, 2.05) is 37.3 Å². The third-order valence-electron chi connectivity index (χ3n) is 6.65. The number of nitrogen functional groups attached to an aromatic ring is 1. The maximum absolute atomic E-state index is 15.4. The number of nitrogens with zero attached hydrogens (tertiary/aromatic N) is 4. The van der Waals surface area contributed by atoms with Crippen molar-refractivity contribution < 1.29 is 35.9 Å². The van der Waals surface area contributed by atoms with Gasteiger partial charge in [-0.1, -0.05) is 31.2 Å². The normalized spacial score (nSPS) is 12.2. The second kappa shape index (κ2) is 13.4. The molecule has 1 unspecified atom stereocenters. The first-order valence-corrected chi connectivity index (χ1v) is 15.4. The lowest BCUT2D eigenvalue weighted by molar-refractivity contribution is -0.192. The molecule has 1 atom stereocenters. The number of halogens is 4. The van der Waals surface area contributed by atoms with E-state index in [0.29, 0.717) is 34.3 Å². The van der Waals surface area contributed by atoms with Crippen LogP contribution in [-0.4, -0.2) is 51.7 Å². The van der Waals surface area contributed by atoms with Gasteiger partial charge in [0.1, 0.15) is 17.7 Å². The number of hydrogen-bond donors (Lipinski definition) is 4. The van der Waals surface area contributed by atoms with E-state index in [-0.39, 0.29) is 5.82 Å². The van der Waals surface area contributed by atoms with Crippen LogP contribution in [0.3, 0.4) is 0 Å². The summed E-state index contributed by atoms with van der Waals surface area (Å²) in [6.07, 6.45) is -1.63. The van der Waals surface area contributed by atoms with Gasteiger partial charge in [-0.05, 0) is 59.8 Å². The number of hydrogen-bond acceptors (Lipinski definition) is 8. The highest BCUT2D eigenvalue weighted by molar-refractivity contribution is 7.92. The molecule has 3 aromatic carbocycles. The van der Waals surface area contributed by atoms with Gasteiger partial charge in [-0.2, -0.15) is 18.3 Å². The third-order valence-corrected chi connectivity index (χ3v) is 7.24. The van der Waals surface area contributed by atoms with Crippen molar-refractivity contribution in [2.24, 2.45) is 7.05 Å². The van der Waals surface area contributed by atoms with Crippen molar-refractivity contribution in [1.82, 2.24) is 19.7 Å². The van der Waals surface area contributed by atoms with Gasteiger partial charge in [-0.15, -0.1) is 0 Å². The van der Waals surface area contributed by atoms with Crippen LogP contribution in [0.25, 0.3) is 22.2 Å². The molecular weight excluding hydrogens is 630 g/mol. The molecule has 5 N–H and O–H groups in total. The van der Waals surface area contributed by atoms with Gasteiger partial charge in [0.15, 0.2) is 11.6 Å². The third kappa shape index (κ3) is 8.06. The number of aryl methyl sites for hydroxylation is 2. The lowest BCUT2D eigenvalue weighted by atomic mass is 10.0. The topological polar surface area (TPSA) is 165 Å². The van der Waals surface area contributed by atoms with E-state index in [9.17, 15) is 21.6 Å². The molecule has 11 nitrogen and oxygen atoms in total. The molecule has 0 aliphatic heterocycles. The van der Waals surface area contributed by atoms with Crippen LogP contribution in [0.1, 0.15) is 29.9 Å². The van der Waals surface area contributed by atoms with E-state index in [1.54, 1.807) is 48.3 Å². The first-order valence-electron chi connectivity index (χ1n) is 13.5. The summed E-state index contributed by atoms with van der Waals surface area (Å²) in [6, 6.07) is 18.7. The van der Waals surface area contributed by atoms with Crippen LogP contribution in [0.2, 0.25) is 0 Å². The molecule has 0 bridgehead atoms. The second-order valence-corrected chi connectivity index (χ2v) is 11.8. The molecule has 0 saturated carbocycles. The van der Waals surface area contributed by atoms with Gasteiger partial charge < -0.3 is 16.2 Å². The number of aromatic nitrogens is 4. The lowest BCUT2D eigenvalue weighted by Gasteiger charge is -2.21. The Hall–Kier alpha value is -5.25. The van der Waals surface area contributed by atoms with E-state index in [4.69, 9.17) is 20.6 Å². The van der Waals surface area contributed by atoms with Crippen molar-refractivity contribution in [3.63, 3.8) is 0 Å². The predicted octanol–water partition coefficient (Wildman–Crippen LogP) is 5.52. The maximum atomic E-state index is 15.4. The molecule has 0 saturated heterocycles. The Labute approximate surface area is 261 Å². The fraction of sp³-hybridized carbons (Fsp3) is 0.200. The maximum Gasteiger partial charge on any atom is 0.490 e. The number of aliphatic carboxylic acids is 1. The van der Waals surface area contributed by atoms with Crippen molar-refractivity contribution >= 4 is 44.0 Å². The van der Waals surface area contributed by atoms with Crippen LogP contribution in [0.15, 0.2) is 72.9 Å². The van der Waals surface area contributed by atoms with Crippen LogP contribution in [-0.2, 0) is 28.3 Å². The summed E-state index contributed by atoms with van der Waals surface area (Å²) < 4.78 is 75.1. The van der Waals surface area contributed by atoms with Crippen molar-refractivity contribution in [3.8, 4) is 11.4 Å². The molecule has 46 heavy (non-hydrogen) atoms. The quantitative estimate of drug-likeness (QED) is 0.157. The molecule has 2 aromatic heterocycles. The number of carbonyl (C=O) groups is 1. The molecule has 5 rings (SSSR count). The standard InChI is InChI=1S/C28H28FN7O2S.C2HF3O2/c1-4-17-9-12-23(29)22(15-17)25(32-19-10-11-20-18(16-19)13-14-31-26(20)30)28-33-27(34-36(28)2)21-7-5-6-8-24(21)35-39(3,37)38;3-2(4,5)1(6)7/h5-16,25,32,35H,4H2,1-3H3,(H2,30,31);(H,6,7). The van der Waals surface area contributed by atoms with Gasteiger partial charge in [0.05, 0.1) is 11.9 Å². The summed E-state index contributed by atoms with van der Waals surface area (Å²) in [5.74, 6) is -1.97. The number of benzene rings is 3. The fourth-order valence-corrected chi connectivity index (χ4v) is 5.08. The summed E-state index contributed by atoms with van der Waals surface area (Å²) in [7, 11) is -1.81. The SMILES string of the molecule is CCc1ccc(F)c(C(Nc2ccc3c(N)nccc3c2)c2nc(-c3ccccc3NS(C)(=O)=O)nn2C)c1.O=C(O)C(F)(F)F. The molecule has 0 spiro atoms. The summed E-state index contributed by atoms with van der Waals surface area (Å²) in [6.45, 7) is 2.01. The molecule has 242 valence electrons. The van der Waals surface area contributed by atoms with Gasteiger partial charge in [0.25, 0.3) is 0 Å². The molecule has 2 heterocycles. The van der Waals surface area contributed by atoms with E-state index < -0.39 is 28.2 Å². The lowest BCUT2D eigenvalue weighted by Crippen LogP contribution is -2.21. The number of pyridine rings is 1. The van der Waals surface area contributed by atoms with Gasteiger partial charge in [-0.25, -0.2) is 27.6 Å². The van der Waals surface area contributed by atoms with Crippen molar-refractivity contribution in [1.29, 1.82) is 0 Å². The smallest absolute Gasteiger partial charge is 0.475 e. The van der Waals surface area contributed by atoms with Crippen LogP contribution in [0.4, 0.5) is 34.8 Å². The zero-order chi connectivity index (χ0) is 33.8. The van der Waals surface area contributed by atoms with Gasteiger partial charge in [0.2, 0.25) is 10.0 Å². The molecule has 0 aliphatic carbocycles. The van der Waals surface area contributed by atoms with Crippen molar-refractivity contribution in [2.75, 3.05) is 22.0 Å². The first-order chi connectivity index (χ1) is 21.6. The molecule has 0 amide bonds.